The summed E-state index contributed by atoms with van der Waals surface area (Å²) in [4.78, 5) is 42.3. The predicted molar refractivity (Wildman–Crippen MR) is 124 cm³/mol. The zero-order valence-electron chi connectivity index (χ0n) is 17.8. The third kappa shape index (κ3) is 4.37. The number of carbonyl (C=O) groups excluding carboxylic acids is 1. The van der Waals surface area contributed by atoms with Gasteiger partial charge in [0.2, 0.25) is 0 Å². The van der Waals surface area contributed by atoms with Crippen LogP contribution in [-0.4, -0.2) is 20.0 Å². The molecule has 7 nitrogen and oxygen atoms in total. The molecule has 1 amide bonds. The van der Waals surface area contributed by atoms with Crippen LogP contribution >= 0.6 is 0 Å². The van der Waals surface area contributed by atoms with Crippen LogP contribution in [0.4, 0.5) is 0 Å². The van der Waals surface area contributed by atoms with Crippen molar-refractivity contribution >= 4 is 16.8 Å². The van der Waals surface area contributed by atoms with Crippen LogP contribution in [0, 0.1) is 0 Å². The molecular weight excluding hydrogens is 404 g/mol. The second-order valence-electron chi connectivity index (χ2n) is 7.58. The molecule has 0 spiro atoms. The number of pyridine rings is 1. The van der Waals surface area contributed by atoms with Crippen LogP contribution < -0.4 is 16.6 Å². The molecule has 4 aromatic rings. The van der Waals surface area contributed by atoms with E-state index in [0.29, 0.717) is 42.5 Å². The first-order chi connectivity index (χ1) is 15.6. The highest BCUT2D eigenvalue weighted by Gasteiger charge is 2.13. The molecular formula is C25H24N4O3. The minimum atomic E-state index is -0.325. The van der Waals surface area contributed by atoms with Crippen molar-refractivity contribution in [1.29, 1.82) is 0 Å². The van der Waals surface area contributed by atoms with Crippen LogP contribution in [0.25, 0.3) is 10.9 Å². The summed E-state index contributed by atoms with van der Waals surface area (Å²) in [6, 6.07) is 18.0. The van der Waals surface area contributed by atoms with Gasteiger partial charge in [0, 0.05) is 31.0 Å². The van der Waals surface area contributed by atoms with Crippen molar-refractivity contribution < 1.29 is 4.79 Å². The SMILES string of the molecule is CCCn1c(=O)c2ccccc2n(Cc2ccc(C(=O)NCc3cccnc3)cc2)c1=O. The van der Waals surface area contributed by atoms with E-state index in [9.17, 15) is 14.4 Å². The summed E-state index contributed by atoms with van der Waals surface area (Å²) in [5.74, 6) is -0.181. The highest BCUT2D eigenvalue weighted by molar-refractivity contribution is 5.94. The highest BCUT2D eigenvalue weighted by Crippen LogP contribution is 2.12. The molecule has 0 aliphatic carbocycles. The molecule has 0 bridgehead atoms. The van der Waals surface area contributed by atoms with Crippen molar-refractivity contribution in [3.8, 4) is 0 Å². The zero-order valence-corrected chi connectivity index (χ0v) is 17.8. The Morgan fingerprint density at radius 1 is 0.938 bits per heavy atom. The molecule has 162 valence electrons. The molecule has 0 saturated heterocycles. The summed E-state index contributed by atoms with van der Waals surface area (Å²) in [5, 5.41) is 3.39. The third-order valence-corrected chi connectivity index (χ3v) is 5.31. The first-order valence-corrected chi connectivity index (χ1v) is 10.6. The molecule has 0 unspecified atom stereocenters. The lowest BCUT2D eigenvalue weighted by atomic mass is 10.1. The highest BCUT2D eigenvalue weighted by atomic mass is 16.2. The molecule has 0 aliphatic heterocycles. The van der Waals surface area contributed by atoms with Crippen molar-refractivity contribution in [2.45, 2.75) is 33.0 Å². The summed E-state index contributed by atoms with van der Waals surface area (Å²) < 4.78 is 2.91. The molecule has 7 heteroatoms. The fourth-order valence-corrected chi connectivity index (χ4v) is 3.68. The van der Waals surface area contributed by atoms with Gasteiger partial charge in [0.1, 0.15) is 0 Å². The van der Waals surface area contributed by atoms with E-state index in [1.54, 1.807) is 47.3 Å². The van der Waals surface area contributed by atoms with Gasteiger partial charge < -0.3 is 5.32 Å². The average Bonchev–Trinajstić information content (AvgIpc) is 2.84. The normalized spacial score (nSPS) is 10.9. The Morgan fingerprint density at radius 3 is 2.44 bits per heavy atom. The number of hydrogen-bond donors (Lipinski definition) is 1. The van der Waals surface area contributed by atoms with Crippen LogP contribution in [0.3, 0.4) is 0 Å². The molecule has 0 fully saturated rings. The van der Waals surface area contributed by atoms with E-state index in [4.69, 9.17) is 0 Å². The van der Waals surface area contributed by atoms with Gasteiger partial charge >= 0.3 is 5.69 Å². The van der Waals surface area contributed by atoms with Gasteiger partial charge in [0.05, 0.1) is 17.4 Å². The maximum Gasteiger partial charge on any atom is 0.331 e. The molecule has 0 radical (unpaired) electrons. The van der Waals surface area contributed by atoms with Gasteiger partial charge in [-0.3, -0.25) is 23.7 Å². The molecule has 0 aliphatic rings. The van der Waals surface area contributed by atoms with Gasteiger partial charge in [-0.1, -0.05) is 37.3 Å². The number of nitrogens with one attached hydrogen (secondary N) is 1. The number of carbonyl (C=O) groups is 1. The van der Waals surface area contributed by atoms with Crippen LogP contribution in [0.1, 0.15) is 34.8 Å². The van der Waals surface area contributed by atoms with E-state index >= 15 is 0 Å². The molecule has 1 N–H and O–H groups in total. The second kappa shape index (κ2) is 9.43. The number of hydrogen-bond acceptors (Lipinski definition) is 4. The van der Waals surface area contributed by atoms with E-state index in [2.05, 4.69) is 10.3 Å². The Kier molecular flexibility index (Phi) is 6.26. The van der Waals surface area contributed by atoms with Crippen molar-refractivity contribution in [2.75, 3.05) is 0 Å². The van der Waals surface area contributed by atoms with Gasteiger partial charge in [-0.15, -0.1) is 0 Å². The monoisotopic (exact) mass is 428 g/mol. The number of rotatable bonds is 7. The molecule has 0 saturated carbocycles. The summed E-state index contributed by atoms with van der Waals surface area (Å²) in [6.45, 7) is 3.01. The van der Waals surface area contributed by atoms with Crippen LogP contribution in [0.2, 0.25) is 0 Å². The first-order valence-electron chi connectivity index (χ1n) is 10.6. The van der Waals surface area contributed by atoms with Gasteiger partial charge in [-0.25, -0.2) is 4.79 Å². The Morgan fingerprint density at radius 2 is 1.72 bits per heavy atom. The lowest BCUT2D eigenvalue weighted by molar-refractivity contribution is 0.0951. The standard InChI is InChI=1S/C25H24N4O3/c1-2-14-28-24(31)21-7-3-4-8-22(21)29(25(28)32)17-18-9-11-20(12-10-18)23(30)27-16-19-6-5-13-26-15-19/h3-13,15H,2,14,16-17H2,1H3,(H,27,30). The van der Waals surface area contributed by atoms with Crippen molar-refractivity contribution in [1.82, 2.24) is 19.4 Å². The van der Waals surface area contributed by atoms with Crippen molar-refractivity contribution in [3.63, 3.8) is 0 Å². The molecule has 0 atom stereocenters. The lowest BCUT2D eigenvalue weighted by Crippen LogP contribution is -2.40. The van der Waals surface area contributed by atoms with E-state index in [1.807, 2.05) is 37.3 Å². The van der Waals surface area contributed by atoms with E-state index in [0.717, 1.165) is 11.1 Å². The maximum absolute atomic E-state index is 13.0. The maximum atomic E-state index is 13.0. The average molecular weight is 428 g/mol. The van der Waals surface area contributed by atoms with Gasteiger partial charge in [0.25, 0.3) is 11.5 Å². The summed E-state index contributed by atoms with van der Waals surface area (Å²) in [6.07, 6.45) is 4.09. The van der Waals surface area contributed by atoms with E-state index < -0.39 is 0 Å². The summed E-state index contributed by atoms with van der Waals surface area (Å²) in [7, 11) is 0. The van der Waals surface area contributed by atoms with E-state index in [-0.39, 0.29) is 17.2 Å². The number of amides is 1. The molecule has 4 rings (SSSR count). The predicted octanol–water partition coefficient (Wildman–Crippen LogP) is 2.95. The third-order valence-electron chi connectivity index (χ3n) is 5.31. The number of nitrogens with zero attached hydrogens (tertiary/aromatic N) is 3. The number of fused-ring (bicyclic) bond motifs is 1. The Hall–Kier alpha value is -4.00. The van der Waals surface area contributed by atoms with Crippen LogP contribution in [0.5, 0.6) is 0 Å². The van der Waals surface area contributed by atoms with Crippen LogP contribution in [0.15, 0.2) is 82.6 Å². The topological polar surface area (TPSA) is 86.0 Å². The lowest BCUT2D eigenvalue weighted by Gasteiger charge is -2.14. The summed E-state index contributed by atoms with van der Waals surface area (Å²) >= 11 is 0. The van der Waals surface area contributed by atoms with Crippen LogP contribution in [-0.2, 0) is 19.6 Å². The molecule has 2 heterocycles. The van der Waals surface area contributed by atoms with Gasteiger partial charge in [-0.2, -0.15) is 0 Å². The van der Waals surface area contributed by atoms with Crippen molar-refractivity contribution in [2.24, 2.45) is 0 Å². The fraction of sp³-hybridized carbons (Fsp3) is 0.200. The Bertz CT molecular complexity index is 1360. The first kappa shape index (κ1) is 21.2. The Labute approximate surface area is 185 Å². The molecule has 2 aromatic heterocycles. The summed E-state index contributed by atoms with van der Waals surface area (Å²) in [5.41, 5.74) is 2.34. The van der Waals surface area contributed by atoms with Crippen molar-refractivity contribution in [3.05, 3.63) is 111 Å². The minimum Gasteiger partial charge on any atom is -0.348 e. The van der Waals surface area contributed by atoms with Gasteiger partial charge in [0.15, 0.2) is 0 Å². The number of benzene rings is 2. The fourth-order valence-electron chi connectivity index (χ4n) is 3.68. The number of aromatic nitrogens is 3. The second-order valence-corrected chi connectivity index (χ2v) is 7.58. The van der Waals surface area contributed by atoms with E-state index in [1.165, 1.54) is 4.57 Å². The quantitative estimate of drug-likeness (QED) is 0.490. The minimum absolute atomic E-state index is 0.181. The van der Waals surface area contributed by atoms with Gasteiger partial charge in [-0.05, 0) is 47.9 Å². The Balaban J connectivity index is 1.58. The zero-order chi connectivity index (χ0) is 22.5. The largest absolute Gasteiger partial charge is 0.348 e. The smallest absolute Gasteiger partial charge is 0.331 e. The molecule has 2 aromatic carbocycles. The number of para-hydroxylation sites is 1. The molecule has 32 heavy (non-hydrogen) atoms.